The smallest absolute Gasteiger partial charge is 0.338 e. The average molecular weight is 213 g/mol. The maximum absolute atomic E-state index is 11.4. The summed E-state index contributed by atoms with van der Waals surface area (Å²) in [6.07, 6.45) is 2.49. The molecule has 0 fully saturated rings. The molecule has 0 atom stereocenters. The van der Waals surface area contributed by atoms with E-state index in [1.807, 2.05) is 0 Å². The Morgan fingerprint density at radius 3 is 2.50 bits per heavy atom. The number of hydrogen-bond acceptors (Lipinski definition) is 4. The van der Waals surface area contributed by atoms with E-state index >= 15 is 0 Å². The van der Waals surface area contributed by atoms with Crippen molar-refractivity contribution in [2.75, 3.05) is 6.54 Å². The van der Waals surface area contributed by atoms with Crippen molar-refractivity contribution in [3.63, 3.8) is 0 Å². The van der Waals surface area contributed by atoms with Gasteiger partial charge in [-0.25, -0.2) is 0 Å². The molecule has 1 aromatic carbocycles. The first kappa shape index (κ1) is 10.7. The van der Waals surface area contributed by atoms with Crippen LogP contribution in [0.1, 0.15) is 0 Å². The Kier molecular flexibility index (Phi) is 3.67. The van der Waals surface area contributed by atoms with E-state index in [1.165, 1.54) is 18.2 Å². The zero-order valence-electron chi connectivity index (χ0n) is 7.46. The summed E-state index contributed by atoms with van der Waals surface area (Å²) in [6, 6.07) is 7.91. The lowest BCUT2D eigenvalue weighted by molar-refractivity contribution is 0.442. The van der Waals surface area contributed by atoms with Gasteiger partial charge < -0.3 is 9.92 Å². The third kappa shape index (κ3) is 2.86. The standard InChI is InChI=1S/C9H11NO3S/c10-7-4-8-13-14(11,12)9-5-2-1-3-6-9/h1-6,8H,7,10H2. The Morgan fingerprint density at radius 2 is 1.93 bits per heavy atom. The summed E-state index contributed by atoms with van der Waals surface area (Å²) in [4.78, 5) is 0.127. The van der Waals surface area contributed by atoms with Gasteiger partial charge in [0.25, 0.3) is 0 Å². The van der Waals surface area contributed by atoms with Crippen LogP contribution in [-0.4, -0.2) is 15.0 Å². The van der Waals surface area contributed by atoms with Crippen molar-refractivity contribution in [2.24, 2.45) is 5.73 Å². The minimum atomic E-state index is -3.67. The second-order valence-corrected chi connectivity index (χ2v) is 4.04. The van der Waals surface area contributed by atoms with Gasteiger partial charge in [0, 0.05) is 6.54 Å². The van der Waals surface area contributed by atoms with E-state index in [2.05, 4.69) is 4.18 Å². The normalized spacial score (nSPS) is 11.8. The monoisotopic (exact) mass is 213 g/mol. The van der Waals surface area contributed by atoms with E-state index in [9.17, 15) is 8.42 Å². The van der Waals surface area contributed by atoms with Crippen LogP contribution in [-0.2, 0) is 14.3 Å². The first-order valence-electron chi connectivity index (χ1n) is 4.00. The molecule has 76 valence electrons. The molecule has 2 N–H and O–H groups in total. The topological polar surface area (TPSA) is 69.4 Å². The SMILES string of the molecule is NCC=COS(=O)(=O)c1ccccc1. The molecule has 0 unspecified atom stereocenters. The molecular weight excluding hydrogens is 202 g/mol. The van der Waals surface area contributed by atoms with Crippen LogP contribution >= 0.6 is 0 Å². The van der Waals surface area contributed by atoms with Crippen LogP contribution in [0.5, 0.6) is 0 Å². The molecule has 0 spiro atoms. The maximum atomic E-state index is 11.4. The third-order valence-corrected chi connectivity index (χ3v) is 2.66. The van der Waals surface area contributed by atoms with Crippen LogP contribution in [0.2, 0.25) is 0 Å². The van der Waals surface area contributed by atoms with Gasteiger partial charge in [0.1, 0.15) is 11.2 Å². The highest BCUT2D eigenvalue weighted by molar-refractivity contribution is 7.86. The van der Waals surface area contributed by atoms with Gasteiger partial charge in [-0.05, 0) is 18.2 Å². The van der Waals surface area contributed by atoms with Gasteiger partial charge in [-0.2, -0.15) is 8.42 Å². The number of nitrogens with two attached hydrogens (primary N) is 1. The summed E-state index contributed by atoms with van der Waals surface area (Å²) in [5.41, 5.74) is 5.13. The summed E-state index contributed by atoms with van der Waals surface area (Å²) in [6.45, 7) is 0.240. The molecule has 14 heavy (non-hydrogen) atoms. The number of benzene rings is 1. The zero-order chi connectivity index (χ0) is 10.4. The molecule has 0 aliphatic carbocycles. The Bertz CT molecular complexity index is 397. The van der Waals surface area contributed by atoms with Crippen LogP contribution < -0.4 is 5.73 Å². The summed E-state index contributed by atoms with van der Waals surface area (Å²) in [5, 5.41) is 0. The molecule has 0 heterocycles. The summed E-state index contributed by atoms with van der Waals surface area (Å²) in [7, 11) is -3.67. The van der Waals surface area contributed by atoms with Crippen LogP contribution in [0.3, 0.4) is 0 Å². The van der Waals surface area contributed by atoms with Gasteiger partial charge in [-0.1, -0.05) is 18.2 Å². The Morgan fingerprint density at radius 1 is 1.29 bits per heavy atom. The maximum Gasteiger partial charge on any atom is 0.338 e. The van der Waals surface area contributed by atoms with Crippen molar-refractivity contribution >= 4 is 10.1 Å². The molecule has 0 saturated heterocycles. The molecule has 5 heteroatoms. The molecule has 0 bridgehead atoms. The lowest BCUT2D eigenvalue weighted by atomic mass is 10.4. The molecular formula is C9H11NO3S. The Hall–Kier alpha value is -1.33. The molecule has 0 aliphatic heterocycles. The van der Waals surface area contributed by atoms with Crippen LogP contribution in [0.25, 0.3) is 0 Å². The highest BCUT2D eigenvalue weighted by atomic mass is 32.2. The molecule has 0 saturated carbocycles. The molecule has 0 aromatic heterocycles. The van der Waals surface area contributed by atoms with Crippen LogP contribution in [0, 0.1) is 0 Å². The second-order valence-electron chi connectivity index (χ2n) is 2.47. The van der Waals surface area contributed by atoms with E-state index in [-0.39, 0.29) is 11.4 Å². The highest BCUT2D eigenvalue weighted by Gasteiger charge is 2.12. The average Bonchev–Trinajstić information content (AvgIpc) is 2.19. The van der Waals surface area contributed by atoms with E-state index in [1.54, 1.807) is 18.2 Å². The first-order chi connectivity index (χ1) is 6.67. The van der Waals surface area contributed by atoms with Crippen molar-refractivity contribution in [2.45, 2.75) is 4.90 Å². The fourth-order valence-electron chi connectivity index (χ4n) is 0.811. The first-order valence-corrected chi connectivity index (χ1v) is 5.41. The lowest BCUT2D eigenvalue weighted by Gasteiger charge is -2.01. The van der Waals surface area contributed by atoms with Crippen molar-refractivity contribution in [3.05, 3.63) is 42.7 Å². The van der Waals surface area contributed by atoms with E-state index in [0.717, 1.165) is 6.26 Å². The fraction of sp³-hybridized carbons (Fsp3) is 0.111. The van der Waals surface area contributed by atoms with E-state index < -0.39 is 10.1 Å². The zero-order valence-corrected chi connectivity index (χ0v) is 8.28. The predicted molar refractivity (Wildman–Crippen MR) is 52.9 cm³/mol. The van der Waals surface area contributed by atoms with Crippen molar-refractivity contribution in [3.8, 4) is 0 Å². The van der Waals surface area contributed by atoms with Crippen LogP contribution in [0.15, 0.2) is 47.6 Å². The number of hydrogen-bond donors (Lipinski definition) is 1. The van der Waals surface area contributed by atoms with Crippen molar-refractivity contribution < 1.29 is 12.6 Å². The van der Waals surface area contributed by atoms with Gasteiger partial charge >= 0.3 is 10.1 Å². The Balaban J connectivity index is 2.82. The van der Waals surface area contributed by atoms with Crippen molar-refractivity contribution in [1.29, 1.82) is 0 Å². The summed E-state index contributed by atoms with van der Waals surface area (Å²) in [5.74, 6) is 0. The second kappa shape index (κ2) is 4.78. The van der Waals surface area contributed by atoms with E-state index in [0.29, 0.717) is 0 Å². The quantitative estimate of drug-likeness (QED) is 0.595. The van der Waals surface area contributed by atoms with Crippen molar-refractivity contribution in [1.82, 2.24) is 0 Å². The minimum absolute atomic E-state index is 0.127. The predicted octanol–water partition coefficient (Wildman–Crippen LogP) is 0.864. The summed E-state index contributed by atoms with van der Waals surface area (Å²) < 4.78 is 27.4. The van der Waals surface area contributed by atoms with Gasteiger partial charge in [0.05, 0.1) is 0 Å². The highest BCUT2D eigenvalue weighted by Crippen LogP contribution is 2.10. The third-order valence-electron chi connectivity index (χ3n) is 1.45. The summed E-state index contributed by atoms with van der Waals surface area (Å²) >= 11 is 0. The molecule has 4 nitrogen and oxygen atoms in total. The van der Waals surface area contributed by atoms with Crippen LogP contribution in [0.4, 0.5) is 0 Å². The molecule has 1 aromatic rings. The van der Waals surface area contributed by atoms with Gasteiger partial charge in [0.15, 0.2) is 0 Å². The number of rotatable bonds is 4. The van der Waals surface area contributed by atoms with Gasteiger partial charge in [-0.15, -0.1) is 0 Å². The largest absolute Gasteiger partial charge is 0.387 e. The van der Waals surface area contributed by atoms with E-state index in [4.69, 9.17) is 5.73 Å². The molecule has 0 radical (unpaired) electrons. The minimum Gasteiger partial charge on any atom is -0.387 e. The fourth-order valence-corrected chi connectivity index (χ4v) is 1.64. The van der Waals surface area contributed by atoms with Gasteiger partial charge in [0.2, 0.25) is 0 Å². The lowest BCUT2D eigenvalue weighted by Crippen LogP contribution is -2.02. The van der Waals surface area contributed by atoms with Gasteiger partial charge in [-0.3, -0.25) is 0 Å². The molecule has 0 aliphatic rings. The molecule has 1 rings (SSSR count). The molecule has 0 amide bonds. The Labute approximate surface area is 83.1 Å².